The van der Waals surface area contributed by atoms with Gasteiger partial charge in [-0.15, -0.1) is 0 Å². The molecule has 1 aromatic rings. The minimum atomic E-state index is -0.0549. The van der Waals surface area contributed by atoms with Crippen LogP contribution in [-0.4, -0.2) is 42.8 Å². The van der Waals surface area contributed by atoms with Crippen LogP contribution in [0.5, 0.6) is 0 Å². The van der Waals surface area contributed by atoms with Crippen molar-refractivity contribution in [3.8, 4) is 0 Å². The normalized spacial score (nSPS) is 11.9. The van der Waals surface area contributed by atoms with Crippen LogP contribution in [0.25, 0.3) is 0 Å². The lowest BCUT2D eigenvalue weighted by atomic mass is 9.96. The lowest BCUT2D eigenvalue weighted by Gasteiger charge is -2.21. The van der Waals surface area contributed by atoms with Gasteiger partial charge in [0.1, 0.15) is 0 Å². The molecule has 0 aliphatic carbocycles. The third-order valence-corrected chi connectivity index (χ3v) is 3.15. The van der Waals surface area contributed by atoms with Gasteiger partial charge >= 0.3 is 6.03 Å². The molecule has 19 heavy (non-hydrogen) atoms. The molecule has 2 N–H and O–H groups in total. The third-order valence-electron chi connectivity index (χ3n) is 3.15. The monoisotopic (exact) mass is 264 g/mol. The molecule has 0 bridgehead atoms. The van der Waals surface area contributed by atoms with E-state index in [-0.39, 0.29) is 18.6 Å². The summed E-state index contributed by atoms with van der Waals surface area (Å²) in [4.78, 5) is 13.5. The molecular formula is C15H24N2O2. The molecular weight excluding hydrogens is 240 g/mol. The number of amides is 2. The van der Waals surface area contributed by atoms with E-state index in [0.29, 0.717) is 13.0 Å². The van der Waals surface area contributed by atoms with Crippen molar-refractivity contribution in [2.24, 2.45) is 0 Å². The van der Waals surface area contributed by atoms with Crippen molar-refractivity contribution in [2.45, 2.75) is 25.7 Å². The lowest BCUT2D eigenvalue weighted by molar-refractivity contribution is 0.206. The average molecular weight is 264 g/mol. The van der Waals surface area contributed by atoms with Crippen molar-refractivity contribution in [3.05, 3.63) is 35.9 Å². The third kappa shape index (κ3) is 5.30. The van der Waals surface area contributed by atoms with E-state index in [1.54, 1.807) is 11.9 Å². The molecule has 1 unspecified atom stereocenters. The molecule has 106 valence electrons. The molecule has 0 aliphatic rings. The van der Waals surface area contributed by atoms with Crippen molar-refractivity contribution >= 4 is 6.03 Å². The zero-order valence-corrected chi connectivity index (χ0v) is 11.8. The van der Waals surface area contributed by atoms with Gasteiger partial charge in [-0.25, -0.2) is 4.79 Å². The van der Waals surface area contributed by atoms with Crippen LogP contribution in [0.1, 0.15) is 31.2 Å². The number of nitrogens with zero attached hydrogens (tertiary/aromatic N) is 1. The maximum absolute atomic E-state index is 11.8. The van der Waals surface area contributed by atoms with Gasteiger partial charge in [0, 0.05) is 32.7 Å². The minimum absolute atomic E-state index is 0.0549. The Hall–Kier alpha value is -1.55. The number of rotatable bonds is 7. The van der Waals surface area contributed by atoms with Crippen LogP contribution in [0.4, 0.5) is 4.79 Å². The molecule has 0 heterocycles. The molecule has 0 saturated carbocycles. The maximum Gasteiger partial charge on any atom is 0.317 e. The quantitative estimate of drug-likeness (QED) is 0.793. The summed E-state index contributed by atoms with van der Waals surface area (Å²) in [6.45, 7) is 3.47. The fourth-order valence-corrected chi connectivity index (χ4v) is 2.05. The van der Waals surface area contributed by atoms with Crippen molar-refractivity contribution in [3.63, 3.8) is 0 Å². The standard InChI is InChI=1S/C15H24N2O2/c1-3-10-17(2)15(19)16-12-14(9-11-18)13-7-5-4-6-8-13/h4-8,14,18H,3,9-12H2,1-2H3,(H,16,19). The Morgan fingerprint density at radius 1 is 1.37 bits per heavy atom. The zero-order valence-electron chi connectivity index (χ0n) is 11.8. The largest absolute Gasteiger partial charge is 0.396 e. The number of aliphatic hydroxyl groups is 1. The Morgan fingerprint density at radius 2 is 2.05 bits per heavy atom. The summed E-state index contributed by atoms with van der Waals surface area (Å²) in [7, 11) is 1.79. The first-order valence-electron chi connectivity index (χ1n) is 6.83. The molecule has 4 heteroatoms. The van der Waals surface area contributed by atoms with Crippen molar-refractivity contribution < 1.29 is 9.90 Å². The van der Waals surface area contributed by atoms with Crippen molar-refractivity contribution in [1.82, 2.24) is 10.2 Å². The molecule has 0 radical (unpaired) electrons. The van der Waals surface area contributed by atoms with E-state index < -0.39 is 0 Å². The van der Waals surface area contributed by atoms with Crippen molar-refractivity contribution in [2.75, 3.05) is 26.7 Å². The summed E-state index contributed by atoms with van der Waals surface area (Å²) in [5.41, 5.74) is 1.15. The molecule has 2 amide bonds. The van der Waals surface area contributed by atoms with Gasteiger partial charge in [0.2, 0.25) is 0 Å². The molecule has 1 rings (SSSR count). The van der Waals surface area contributed by atoms with Gasteiger partial charge in [-0.1, -0.05) is 37.3 Å². The topological polar surface area (TPSA) is 52.6 Å². The van der Waals surface area contributed by atoms with Gasteiger partial charge in [-0.2, -0.15) is 0 Å². The fourth-order valence-electron chi connectivity index (χ4n) is 2.05. The minimum Gasteiger partial charge on any atom is -0.396 e. The average Bonchev–Trinajstić information content (AvgIpc) is 2.44. The van der Waals surface area contributed by atoms with Gasteiger partial charge in [-0.3, -0.25) is 0 Å². The van der Waals surface area contributed by atoms with E-state index in [1.165, 1.54) is 0 Å². The van der Waals surface area contributed by atoms with E-state index in [9.17, 15) is 4.79 Å². The molecule has 0 saturated heterocycles. The van der Waals surface area contributed by atoms with Gasteiger partial charge in [-0.05, 0) is 18.4 Å². The lowest BCUT2D eigenvalue weighted by Crippen LogP contribution is -2.39. The Morgan fingerprint density at radius 3 is 2.63 bits per heavy atom. The zero-order chi connectivity index (χ0) is 14.1. The van der Waals surface area contributed by atoms with Crippen LogP contribution in [-0.2, 0) is 0 Å². The first-order valence-corrected chi connectivity index (χ1v) is 6.83. The predicted molar refractivity (Wildman–Crippen MR) is 77.2 cm³/mol. The second-order valence-corrected chi connectivity index (χ2v) is 4.73. The summed E-state index contributed by atoms with van der Waals surface area (Å²) in [6.07, 6.45) is 1.60. The smallest absolute Gasteiger partial charge is 0.317 e. The van der Waals surface area contributed by atoms with Crippen LogP contribution >= 0.6 is 0 Å². The van der Waals surface area contributed by atoms with Crippen LogP contribution in [0.15, 0.2) is 30.3 Å². The van der Waals surface area contributed by atoms with E-state index in [1.807, 2.05) is 37.3 Å². The molecule has 0 aromatic heterocycles. The summed E-state index contributed by atoms with van der Waals surface area (Å²) < 4.78 is 0. The van der Waals surface area contributed by atoms with Gasteiger partial charge in [0.05, 0.1) is 0 Å². The summed E-state index contributed by atoms with van der Waals surface area (Å²) in [5.74, 6) is 0.158. The number of carbonyl (C=O) groups is 1. The predicted octanol–water partition coefficient (Wildman–Crippen LogP) is 2.20. The number of hydrogen-bond donors (Lipinski definition) is 2. The highest BCUT2D eigenvalue weighted by atomic mass is 16.3. The molecule has 4 nitrogen and oxygen atoms in total. The first kappa shape index (κ1) is 15.5. The maximum atomic E-state index is 11.8. The number of urea groups is 1. The van der Waals surface area contributed by atoms with Crippen molar-refractivity contribution in [1.29, 1.82) is 0 Å². The SMILES string of the molecule is CCCN(C)C(=O)NCC(CCO)c1ccccc1. The van der Waals surface area contributed by atoms with E-state index >= 15 is 0 Å². The second-order valence-electron chi connectivity index (χ2n) is 4.73. The molecule has 0 fully saturated rings. The Bertz CT molecular complexity index is 368. The highest BCUT2D eigenvalue weighted by Gasteiger charge is 2.13. The highest BCUT2D eigenvalue weighted by molar-refractivity contribution is 5.73. The molecule has 1 aromatic carbocycles. The summed E-state index contributed by atoms with van der Waals surface area (Å²) in [5, 5.41) is 12.1. The molecule has 0 spiro atoms. The first-order chi connectivity index (χ1) is 9.19. The Balaban J connectivity index is 2.53. The highest BCUT2D eigenvalue weighted by Crippen LogP contribution is 2.18. The number of nitrogens with one attached hydrogen (secondary N) is 1. The Kier molecular flexibility index (Phi) is 6.97. The van der Waals surface area contributed by atoms with E-state index in [2.05, 4.69) is 5.32 Å². The fraction of sp³-hybridized carbons (Fsp3) is 0.533. The molecule has 1 atom stereocenters. The summed E-state index contributed by atoms with van der Waals surface area (Å²) in [6, 6.07) is 9.92. The van der Waals surface area contributed by atoms with Gasteiger partial charge in [0.25, 0.3) is 0 Å². The number of hydrogen-bond acceptors (Lipinski definition) is 2. The van der Waals surface area contributed by atoms with Crippen LogP contribution in [0.3, 0.4) is 0 Å². The van der Waals surface area contributed by atoms with Crippen LogP contribution in [0, 0.1) is 0 Å². The number of carbonyl (C=O) groups excluding carboxylic acids is 1. The van der Waals surface area contributed by atoms with Gasteiger partial charge in [0.15, 0.2) is 0 Å². The van der Waals surface area contributed by atoms with Crippen LogP contribution < -0.4 is 5.32 Å². The van der Waals surface area contributed by atoms with E-state index in [4.69, 9.17) is 5.11 Å². The van der Waals surface area contributed by atoms with Gasteiger partial charge < -0.3 is 15.3 Å². The number of benzene rings is 1. The van der Waals surface area contributed by atoms with E-state index in [0.717, 1.165) is 18.5 Å². The second kappa shape index (κ2) is 8.53. The molecule has 0 aliphatic heterocycles. The Labute approximate surface area is 115 Å². The number of aliphatic hydroxyl groups excluding tert-OH is 1. The van der Waals surface area contributed by atoms with Crippen LogP contribution in [0.2, 0.25) is 0 Å². The summed E-state index contributed by atoms with van der Waals surface area (Å²) >= 11 is 0.